The summed E-state index contributed by atoms with van der Waals surface area (Å²) in [7, 11) is 0. The van der Waals surface area contributed by atoms with Crippen LogP contribution in [0.1, 0.15) is 6.92 Å². The van der Waals surface area contributed by atoms with Gasteiger partial charge in [-0.05, 0) is 24.3 Å². The molecule has 0 spiro atoms. The van der Waals surface area contributed by atoms with E-state index < -0.39 is 5.97 Å². The van der Waals surface area contributed by atoms with Gasteiger partial charge in [-0.1, -0.05) is 30.3 Å². The van der Waals surface area contributed by atoms with Gasteiger partial charge >= 0.3 is 5.97 Å². The van der Waals surface area contributed by atoms with Gasteiger partial charge in [0, 0.05) is 6.92 Å². The van der Waals surface area contributed by atoms with E-state index >= 15 is 0 Å². The molecule has 0 amide bonds. The molecule has 0 bridgehead atoms. The third-order valence-electron chi connectivity index (χ3n) is 2.07. The zero-order valence-electron chi connectivity index (χ0n) is 9.83. The average molecular weight is 244 g/mol. The third-order valence-corrected chi connectivity index (χ3v) is 2.07. The lowest BCUT2D eigenvalue weighted by molar-refractivity contribution is -0.133. The second kappa shape index (κ2) is 5.72. The molecule has 0 atom stereocenters. The van der Waals surface area contributed by atoms with Gasteiger partial charge in [-0.2, -0.15) is 0 Å². The molecule has 0 aliphatic rings. The fourth-order valence-electron chi connectivity index (χ4n) is 1.33. The number of ether oxygens (including phenoxy) is 1. The van der Waals surface area contributed by atoms with Gasteiger partial charge in [-0.15, -0.1) is 0 Å². The summed E-state index contributed by atoms with van der Waals surface area (Å²) in [6, 6.07) is 15.8. The second-order valence-electron chi connectivity index (χ2n) is 3.52. The Kier molecular flexibility index (Phi) is 3.81. The minimum absolute atomic E-state index is 0.320. The average Bonchev–Trinajstić information content (AvgIpc) is 2.38. The lowest BCUT2D eigenvalue weighted by Crippen LogP contribution is -2.06. The summed E-state index contributed by atoms with van der Waals surface area (Å²) in [5.41, 5.74) is 0. The van der Waals surface area contributed by atoms with Crippen molar-refractivity contribution in [2.45, 2.75) is 6.92 Å². The van der Waals surface area contributed by atoms with Gasteiger partial charge in [-0.25, -0.2) is 0 Å². The first-order valence-electron chi connectivity index (χ1n) is 5.43. The molecular formula is C14H12O4. The smallest absolute Gasteiger partial charge is 0.308 e. The van der Waals surface area contributed by atoms with Crippen molar-refractivity contribution in [1.29, 1.82) is 0 Å². The zero-order chi connectivity index (χ0) is 12.8. The molecule has 18 heavy (non-hydrogen) atoms. The van der Waals surface area contributed by atoms with Crippen LogP contribution in [0.15, 0.2) is 54.6 Å². The summed E-state index contributed by atoms with van der Waals surface area (Å²) in [5, 5.41) is 0. The van der Waals surface area contributed by atoms with Crippen molar-refractivity contribution in [3.8, 4) is 17.2 Å². The number of rotatable bonds is 4. The standard InChI is InChI=1S/C14H12O4/c1-11(15)16-13-9-5-6-10-14(13)18-17-12-7-3-2-4-8-12/h2-10H,1H3. The van der Waals surface area contributed by atoms with Crippen LogP contribution < -0.4 is 14.5 Å². The van der Waals surface area contributed by atoms with Crippen LogP contribution in [0.4, 0.5) is 0 Å². The molecule has 0 unspecified atom stereocenters. The minimum Gasteiger partial charge on any atom is -0.423 e. The Labute approximate surface area is 105 Å². The molecule has 92 valence electrons. The van der Waals surface area contributed by atoms with Crippen LogP contribution in [0.3, 0.4) is 0 Å². The van der Waals surface area contributed by atoms with Crippen molar-refractivity contribution >= 4 is 5.97 Å². The third kappa shape index (κ3) is 3.25. The first kappa shape index (κ1) is 12.0. The van der Waals surface area contributed by atoms with Gasteiger partial charge in [0.1, 0.15) is 0 Å². The summed E-state index contributed by atoms with van der Waals surface area (Å²) < 4.78 is 4.99. The minimum atomic E-state index is -0.411. The Bertz CT molecular complexity index is 522. The molecular weight excluding hydrogens is 232 g/mol. The highest BCUT2D eigenvalue weighted by Crippen LogP contribution is 2.27. The van der Waals surface area contributed by atoms with Crippen LogP contribution in [-0.2, 0) is 4.79 Å². The summed E-state index contributed by atoms with van der Waals surface area (Å²) in [4.78, 5) is 21.2. The van der Waals surface area contributed by atoms with Crippen molar-refractivity contribution in [3.63, 3.8) is 0 Å². The molecule has 0 N–H and O–H groups in total. The molecule has 0 aliphatic carbocycles. The maximum Gasteiger partial charge on any atom is 0.308 e. The molecule has 0 saturated carbocycles. The van der Waals surface area contributed by atoms with Gasteiger partial charge < -0.3 is 4.74 Å². The van der Waals surface area contributed by atoms with Crippen molar-refractivity contribution in [2.75, 3.05) is 0 Å². The molecule has 2 aromatic carbocycles. The molecule has 0 fully saturated rings. The van der Waals surface area contributed by atoms with E-state index in [1.54, 1.807) is 36.4 Å². The predicted octanol–water partition coefficient (Wildman–Crippen LogP) is 2.98. The van der Waals surface area contributed by atoms with Gasteiger partial charge in [0.05, 0.1) is 0 Å². The first-order valence-corrected chi connectivity index (χ1v) is 5.43. The zero-order valence-corrected chi connectivity index (χ0v) is 9.83. The maximum atomic E-state index is 10.9. The van der Waals surface area contributed by atoms with Crippen LogP contribution in [0.25, 0.3) is 0 Å². The van der Waals surface area contributed by atoms with Crippen LogP contribution >= 0.6 is 0 Å². The van der Waals surface area contributed by atoms with Crippen LogP contribution in [0.5, 0.6) is 17.2 Å². The van der Waals surface area contributed by atoms with Gasteiger partial charge in [0.25, 0.3) is 0 Å². The number of para-hydroxylation sites is 3. The highest BCUT2D eigenvalue weighted by molar-refractivity contribution is 5.70. The number of carbonyl (C=O) groups is 1. The maximum absolute atomic E-state index is 10.9. The Morgan fingerprint density at radius 3 is 2.11 bits per heavy atom. The molecule has 0 saturated heterocycles. The quantitative estimate of drug-likeness (QED) is 0.359. The summed E-state index contributed by atoms with van der Waals surface area (Å²) in [6.07, 6.45) is 0. The van der Waals surface area contributed by atoms with E-state index in [-0.39, 0.29) is 0 Å². The van der Waals surface area contributed by atoms with Crippen molar-refractivity contribution < 1.29 is 19.3 Å². The lowest BCUT2D eigenvalue weighted by atomic mass is 10.3. The molecule has 2 aromatic rings. The number of benzene rings is 2. The fourth-order valence-corrected chi connectivity index (χ4v) is 1.33. The van der Waals surface area contributed by atoms with E-state index in [1.165, 1.54) is 6.92 Å². The largest absolute Gasteiger partial charge is 0.423 e. The van der Waals surface area contributed by atoms with Crippen LogP contribution in [0.2, 0.25) is 0 Å². The predicted molar refractivity (Wildman–Crippen MR) is 65.4 cm³/mol. The molecule has 0 radical (unpaired) electrons. The molecule has 0 heterocycles. The molecule has 2 rings (SSSR count). The van der Waals surface area contributed by atoms with Crippen molar-refractivity contribution in [1.82, 2.24) is 0 Å². The van der Waals surface area contributed by atoms with Crippen LogP contribution in [-0.4, -0.2) is 5.97 Å². The van der Waals surface area contributed by atoms with E-state index in [0.717, 1.165) is 0 Å². The summed E-state index contributed by atoms with van der Waals surface area (Å²) in [6.45, 7) is 1.33. The van der Waals surface area contributed by atoms with Crippen molar-refractivity contribution in [2.24, 2.45) is 0 Å². The second-order valence-corrected chi connectivity index (χ2v) is 3.52. The highest BCUT2D eigenvalue weighted by Gasteiger charge is 2.08. The molecule has 4 nitrogen and oxygen atoms in total. The Balaban J connectivity index is 2.07. The summed E-state index contributed by atoms with van der Waals surface area (Å²) >= 11 is 0. The van der Waals surface area contributed by atoms with Gasteiger partial charge in [-0.3, -0.25) is 14.6 Å². The van der Waals surface area contributed by atoms with E-state index in [1.807, 2.05) is 18.2 Å². The number of hydrogen-bond acceptors (Lipinski definition) is 4. The first-order chi connectivity index (χ1) is 8.75. The number of esters is 1. The lowest BCUT2D eigenvalue weighted by Gasteiger charge is -2.09. The van der Waals surface area contributed by atoms with E-state index in [4.69, 9.17) is 14.5 Å². The van der Waals surface area contributed by atoms with Crippen molar-refractivity contribution in [3.05, 3.63) is 54.6 Å². The van der Waals surface area contributed by atoms with E-state index in [2.05, 4.69) is 0 Å². The van der Waals surface area contributed by atoms with Gasteiger partial charge in [0.15, 0.2) is 11.5 Å². The monoisotopic (exact) mass is 244 g/mol. The summed E-state index contributed by atoms with van der Waals surface area (Å²) in [5.74, 6) is 0.818. The molecule has 4 heteroatoms. The Morgan fingerprint density at radius 2 is 1.44 bits per heavy atom. The highest BCUT2D eigenvalue weighted by atomic mass is 17.2. The SMILES string of the molecule is CC(=O)Oc1ccccc1OOc1ccccc1. The van der Waals surface area contributed by atoms with Crippen LogP contribution in [0, 0.1) is 0 Å². The number of hydrogen-bond donors (Lipinski definition) is 0. The molecule has 0 aliphatic heterocycles. The fraction of sp³-hybridized carbons (Fsp3) is 0.0714. The number of carbonyl (C=O) groups excluding carboxylic acids is 1. The molecule has 0 aromatic heterocycles. The normalized spacial score (nSPS) is 9.61. The topological polar surface area (TPSA) is 44.8 Å². The Hall–Kier alpha value is -2.49. The van der Waals surface area contributed by atoms with Gasteiger partial charge in [0.2, 0.25) is 5.75 Å². The van der Waals surface area contributed by atoms with E-state index in [9.17, 15) is 4.79 Å². The Morgan fingerprint density at radius 1 is 0.833 bits per heavy atom. The van der Waals surface area contributed by atoms with E-state index in [0.29, 0.717) is 17.2 Å².